The molecule has 2 amide bonds. The molecule has 9 nitrogen and oxygen atoms in total. The van der Waals surface area contributed by atoms with Gasteiger partial charge in [-0.3, -0.25) is 15.4 Å². The average molecular weight is 305 g/mol. The Morgan fingerprint density at radius 2 is 2.37 bits per heavy atom. The van der Waals surface area contributed by atoms with Crippen LogP contribution < -0.4 is 21.1 Å². The summed E-state index contributed by atoms with van der Waals surface area (Å²) in [5.74, 6) is 1.52. The minimum Gasteiger partial charge on any atom is -0.370 e. The second kappa shape index (κ2) is 8.48. The number of carbonyl (C=O) groups excluding carboxylic acids is 1. The van der Waals surface area contributed by atoms with Gasteiger partial charge >= 0.3 is 12.0 Å². The lowest BCUT2D eigenvalue weighted by molar-refractivity contribution is 0.247. The third-order valence-electron chi connectivity index (χ3n) is 1.67. The van der Waals surface area contributed by atoms with Gasteiger partial charge in [0.25, 0.3) is 0 Å². The van der Waals surface area contributed by atoms with E-state index in [4.69, 9.17) is 15.7 Å². The van der Waals surface area contributed by atoms with E-state index in [-0.39, 0.29) is 18.0 Å². The van der Waals surface area contributed by atoms with Crippen LogP contribution in [0.5, 0.6) is 0 Å². The average Bonchev–Trinajstić information content (AvgIpc) is 2.75. The molecule has 0 bridgehead atoms. The number of carbonyl (C=O) groups is 1. The summed E-state index contributed by atoms with van der Waals surface area (Å²) in [6.07, 6.45) is 1.78. The first-order valence-electron chi connectivity index (χ1n) is 5.20. The summed E-state index contributed by atoms with van der Waals surface area (Å²) in [5, 5.41) is 15.8. The van der Waals surface area contributed by atoms with Gasteiger partial charge in [0, 0.05) is 18.6 Å². The molecule has 1 aromatic rings. The molecule has 0 saturated carbocycles. The van der Waals surface area contributed by atoms with Gasteiger partial charge in [0.1, 0.15) is 0 Å². The lowest BCUT2D eigenvalue weighted by atomic mass is 10.7. The zero-order valence-electron chi connectivity index (χ0n) is 10.2. The Morgan fingerprint density at radius 3 is 3.05 bits per heavy atom. The van der Waals surface area contributed by atoms with Crippen LogP contribution in [0.15, 0.2) is 4.52 Å². The van der Waals surface area contributed by atoms with Crippen LogP contribution in [0.1, 0.15) is 5.82 Å². The molecule has 0 aliphatic heterocycles. The number of urea groups is 1. The van der Waals surface area contributed by atoms with Gasteiger partial charge in [0.05, 0.1) is 5.75 Å². The first-order chi connectivity index (χ1) is 9.11. The van der Waals surface area contributed by atoms with E-state index >= 15 is 0 Å². The summed E-state index contributed by atoms with van der Waals surface area (Å²) in [6.45, 7) is 0.549. The zero-order valence-corrected chi connectivity index (χ0v) is 11.9. The van der Waals surface area contributed by atoms with Crippen molar-refractivity contribution in [3.8, 4) is 0 Å². The Hall–Kier alpha value is -1.62. The van der Waals surface area contributed by atoms with Crippen molar-refractivity contribution in [3.05, 3.63) is 5.82 Å². The molecule has 0 radical (unpaired) electrons. The van der Waals surface area contributed by atoms with Crippen LogP contribution >= 0.6 is 23.7 Å². The first-order valence-corrected chi connectivity index (χ1v) is 7.58. The molecule has 0 atom stereocenters. The van der Waals surface area contributed by atoms with Gasteiger partial charge < -0.3 is 15.6 Å². The van der Waals surface area contributed by atoms with Crippen molar-refractivity contribution in [1.29, 1.82) is 5.41 Å². The van der Waals surface area contributed by atoms with Gasteiger partial charge in [-0.2, -0.15) is 16.7 Å². The summed E-state index contributed by atoms with van der Waals surface area (Å²) in [7, 11) is 0. The lowest BCUT2D eigenvalue weighted by Gasteiger charge is -2.03. The van der Waals surface area contributed by atoms with Crippen LogP contribution in [0.3, 0.4) is 0 Å². The maximum Gasteiger partial charge on any atom is 0.328 e. The van der Waals surface area contributed by atoms with Crippen molar-refractivity contribution < 1.29 is 9.32 Å². The van der Waals surface area contributed by atoms with Gasteiger partial charge in [0.15, 0.2) is 11.8 Å². The molecule has 0 unspecified atom stereocenters. The fourth-order valence-corrected chi connectivity index (χ4v) is 1.96. The van der Waals surface area contributed by atoms with Crippen molar-refractivity contribution in [1.82, 2.24) is 20.2 Å². The highest BCUT2D eigenvalue weighted by Gasteiger charge is 2.06. The highest BCUT2D eigenvalue weighted by Crippen LogP contribution is 2.10. The van der Waals surface area contributed by atoms with Crippen molar-refractivity contribution in [2.75, 3.05) is 23.9 Å². The molecule has 19 heavy (non-hydrogen) atoms. The van der Waals surface area contributed by atoms with Gasteiger partial charge in [-0.05, 0) is 0 Å². The Bertz CT molecular complexity index is 425. The minimum atomic E-state index is -0.258. The predicted octanol–water partition coefficient (Wildman–Crippen LogP) is 0.185. The van der Waals surface area contributed by atoms with Crippen molar-refractivity contribution in [3.63, 3.8) is 0 Å². The van der Waals surface area contributed by atoms with Crippen molar-refractivity contribution in [2.45, 2.75) is 5.75 Å². The van der Waals surface area contributed by atoms with E-state index in [0.717, 1.165) is 5.75 Å². The number of thioether (sulfide) groups is 1. The third-order valence-corrected chi connectivity index (χ3v) is 3.01. The van der Waals surface area contributed by atoms with Crippen molar-refractivity contribution >= 4 is 41.7 Å². The van der Waals surface area contributed by atoms with Crippen LogP contribution in [-0.4, -0.2) is 40.7 Å². The Balaban J connectivity index is 2.14. The molecule has 0 saturated heterocycles. The summed E-state index contributed by atoms with van der Waals surface area (Å²) >= 11 is 2.79. The molecule has 1 aromatic heterocycles. The number of aromatic nitrogens is 2. The molecule has 0 fully saturated rings. The smallest absolute Gasteiger partial charge is 0.328 e. The van der Waals surface area contributed by atoms with E-state index in [1.807, 2.05) is 0 Å². The number of hydrogen-bond donors (Lipinski definition) is 5. The van der Waals surface area contributed by atoms with Gasteiger partial charge in [-0.25, -0.2) is 4.79 Å². The molecule has 6 N–H and O–H groups in total. The summed E-state index contributed by atoms with van der Waals surface area (Å²) in [4.78, 5) is 15.0. The van der Waals surface area contributed by atoms with Crippen molar-refractivity contribution in [2.24, 2.45) is 5.73 Å². The molecule has 0 aromatic carbocycles. The molecular formula is C8H15N7O2S2. The summed E-state index contributed by atoms with van der Waals surface area (Å²) in [6, 6.07) is -0.110. The van der Waals surface area contributed by atoms with Crippen LogP contribution in [-0.2, 0) is 5.75 Å². The fraction of sp³-hybridized carbons (Fsp3) is 0.500. The predicted molar refractivity (Wildman–Crippen MR) is 76.0 cm³/mol. The number of nitrogens with one attached hydrogen (secondary N) is 4. The fourth-order valence-electron chi connectivity index (χ4n) is 1.01. The largest absolute Gasteiger partial charge is 0.370 e. The minimum absolute atomic E-state index is 0.0978. The first kappa shape index (κ1) is 15.4. The highest BCUT2D eigenvalue weighted by molar-refractivity contribution is 7.98. The lowest BCUT2D eigenvalue weighted by Crippen LogP contribution is -2.32. The Kier molecular flexibility index (Phi) is 6.89. The number of anilines is 1. The molecule has 1 rings (SSSR count). The molecule has 11 heteroatoms. The summed E-state index contributed by atoms with van der Waals surface area (Å²) in [5.41, 5.74) is 5.12. The van der Waals surface area contributed by atoms with Crippen LogP contribution in [0.25, 0.3) is 0 Å². The van der Waals surface area contributed by atoms with Gasteiger partial charge in [0.2, 0.25) is 0 Å². The molecule has 106 valence electrons. The zero-order chi connectivity index (χ0) is 14.1. The maximum absolute atomic E-state index is 11.1. The quantitative estimate of drug-likeness (QED) is 0.208. The van der Waals surface area contributed by atoms with Gasteiger partial charge in [-0.15, -0.1) is 0 Å². The van der Waals surface area contributed by atoms with Crippen LogP contribution in [0, 0.1) is 5.41 Å². The van der Waals surface area contributed by atoms with E-state index < -0.39 is 0 Å². The summed E-state index contributed by atoms with van der Waals surface area (Å²) < 4.78 is 7.37. The SMILES string of the molecule is CSNC(=O)NCCSCc1noc(NC(=N)N)n1. The molecule has 0 aliphatic rings. The number of nitrogens with two attached hydrogens (primary N) is 1. The number of rotatable bonds is 7. The second-order valence-electron chi connectivity index (χ2n) is 3.17. The maximum atomic E-state index is 11.1. The number of hydrogen-bond acceptors (Lipinski definition) is 7. The third kappa shape index (κ3) is 6.76. The van der Waals surface area contributed by atoms with E-state index in [0.29, 0.717) is 18.1 Å². The number of amides is 2. The molecule has 0 aliphatic carbocycles. The monoisotopic (exact) mass is 305 g/mol. The highest BCUT2D eigenvalue weighted by atomic mass is 32.2. The van der Waals surface area contributed by atoms with Gasteiger partial charge in [-0.1, -0.05) is 17.1 Å². The molecule has 0 spiro atoms. The topological polar surface area (TPSA) is 142 Å². The van der Waals surface area contributed by atoms with E-state index in [9.17, 15) is 4.79 Å². The second-order valence-corrected chi connectivity index (χ2v) is 4.89. The van der Waals surface area contributed by atoms with E-state index in [1.165, 1.54) is 11.9 Å². The van der Waals surface area contributed by atoms with E-state index in [1.54, 1.807) is 18.0 Å². The molecular weight excluding hydrogens is 290 g/mol. The Labute approximate surface area is 118 Å². The Morgan fingerprint density at radius 1 is 1.58 bits per heavy atom. The number of nitrogens with zero attached hydrogens (tertiary/aromatic N) is 2. The number of guanidine groups is 1. The normalized spacial score (nSPS) is 9.95. The van der Waals surface area contributed by atoms with Crippen LogP contribution in [0.2, 0.25) is 0 Å². The molecule has 1 heterocycles. The van der Waals surface area contributed by atoms with Crippen LogP contribution in [0.4, 0.5) is 10.8 Å². The standard InChI is InChI=1S/C8H15N7O2S2/c1-18-15-7(16)11-2-3-19-4-5-12-8(17-14-5)13-6(9)10/h2-4H2,1H3,(H2,11,15,16)(H4,9,10,12,13,14). The van der Waals surface area contributed by atoms with E-state index in [2.05, 4.69) is 25.5 Å².